The van der Waals surface area contributed by atoms with Crippen LogP contribution in [-0.2, 0) is 65.4 Å². The lowest BCUT2D eigenvalue weighted by molar-refractivity contribution is -0.161. The number of phosphoric acid groups is 2. The summed E-state index contributed by atoms with van der Waals surface area (Å²) in [6, 6.07) is 0. The van der Waals surface area contributed by atoms with E-state index < -0.39 is 97.5 Å². The summed E-state index contributed by atoms with van der Waals surface area (Å²) in [4.78, 5) is 72.9. The van der Waals surface area contributed by atoms with E-state index in [4.69, 9.17) is 37.0 Å². The van der Waals surface area contributed by atoms with Gasteiger partial charge in [0.15, 0.2) is 12.2 Å². The van der Waals surface area contributed by atoms with Gasteiger partial charge < -0.3 is 33.8 Å². The third-order valence-electron chi connectivity index (χ3n) is 19.0. The molecule has 3 N–H and O–H groups in total. The van der Waals surface area contributed by atoms with Crippen LogP contribution in [0.4, 0.5) is 0 Å². The summed E-state index contributed by atoms with van der Waals surface area (Å²) in [5.74, 6) is -0.564. The van der Waals surface area contributed by atoms with Crippen molar-refractivity contribution in [3.63, 3.8) is 0 Å². The minimum absolute atomic E-state index is 0.107. The minimum atomic E-state index is -4.96. The summed E-state index contributed by atoms with van der Waals surface area (Å²) >= 11 is 0. The number of rotatable bonds is 80. The molecule has 0 fully saturated rings. The molecular formula is C81H158O17P2. The van der Waals surface area contributed by atoms with Crippen LogP contribution in [0.2, 0.25) is 0 Å². The Bertz CT molecular complexity index is 1920. The van der Waals surface area contributed by atoms with Crippen LogP contribution in [0.5, 0.6) is 0 Å². The first-order chi connectivity index (χ1) is 48.4. The first-order valence-corrected chi connectivity index (χ1v) is 45.0. The predicted octanol–water partition coefficient (Wildman–Crippen LogP) is 24.3. The standard InChI is InChI=1S/C81H158O17P2/c1-7-9-11-13-15-17-18-19-20-21-22-23-24-25-26-27-28-35-41-47-53-59-65-80(85)98-77(70-92-79(84)64-58-52-46-40-34-30-29-32-38-43-49-55-61-73(3)4)72-96-100(89,90)94-68-75(82)67-93-99(87,88)95-71-76(69-91-78(83)63-57-51-45-37-16-14-12-10-8-2)97-81(86)66-60-54-48-42-36-31-33-39-44-50-56-62-74(5)6/h73-77,82H,7-72H2,1-6H3,(H,87,88)(H,89,90)/t75-,76+,77+/m0/s1. The lowest BCUT2D eigenvalue weighted by Crippen LogP contribution is -2.30. The maximum atomic E-state index is 13.1. The van der Waals surface area contributed by atoms with Gasteiger partial charge in [-0.2, -0.15) is 0 Å². The number of carbonyl (C=O) groups excluding carboxylic acids is 4. The second-order valence-corrected chi connectivity index (χ2v) is 33.0. The molecule has 0 rings (SSSR count). The van der Waals surface area contributed by atoms with E-state index >= 15 is 0 Å². The Labute approximate surface area is 613 Å². The van der Waals surface area contributed by atoms with E-state index in [2.05, 4.69) is 41.5 Å². The quantitative estimate of drug-likeness (QED) is 0.0222. The van der Waals surface area contributed by atoms with Crippen LogP contribution in [0.15, 0.2) is 0 Å². The third kappa shape index (κ3) is 74.3. The molecule has 5 atom stereocenters. The number of aliphatic hydroxyl groups is 1. The van der Waals surface area contributed by atoms with Crippen molar-refractivity contribution in [2.45, 2.75) is 445 Å². The van der Waals surface area contributed by atoms with Crippen molar-refractivity contribution in [1.82, 2.24) is 0 Å². The molecule has 0 aliphatic heterocycles. The molecule has 0 heterocycles. The molecule has 0 amide bonds. The highest BCUT2D eigenvalue weighted by molar-refractivity contribution is 7.47. The molecule has 0 aliphatic rings. The smallest absolute Gasteiger partial charge is 0.462 e. The van der Waals surface area contributed by atoms with Crippen LogP contribution >= 0.6 is 15.6 Å². The van der Waals surface area contributed by atoms with Gasteiger partial charge in [0.2, 0.25) is 0 Å². The third-order valence-corrected chi connectivity index (χ3v) is 20.9. The first-order valence-electron chi connectivity index (χ1n) is 42.0. The van der Waals surface area contributed by atoms with Crippen molar-refractivity contribution in [3.05, 3.63) is 0 Å². The Morgan fingerprint density at radius 1 is 0.270 bits per heavy atom. The maximum absolute atomic E-state index is 13.1. The molecule has 19 heteroatoms. The van der Waals surface area contributed by atoms with E-state index in [9.17, 15) is 43.2 Å². The summed E-state index contributed by atoms with van der Waals surface area (Å²) in [6.45, 7) is 9.62. The van der Waals surface area contributed by atoms with Gasteiger partial charge in [-0.25, -0.2) is 9.13 Å². The van der Waals surface area contributed by atoms with Gasteiger partial charge in [-0.1, -0.05) is 375 Å². The molecule has 0 aromatic rings. The molecule has 17 nitrogen and oxygen atoms in total. The van der Waals surface area contributed by atoms with Crippen molar-refractivity contribution in [2.24, 2.45) is 11.8 Å². The van der Waals surface area contributed by atoms with Gasteiger partial charge in [-0.15, -0.1) is 0 Å². The van der Waals surface area contributed by atoms with Gasteiger partial charge >= 0.3 is 39.5 Å². The van der Waals surface area contributed by atoms with Gasteiger partial charge in [0.1, 0.15) is 19.3 Å². The average Bonchev–Trinajstić information content (AvgIpc) is 1.13. The molecule has 0 aliphatic carbocycles. The fourth-order valence-corrected chi connectivity index (χ4v) is 14.1. The van der Waals surface area contributed by atoms with E-state index in [0.29, 0.717) is 25.7 Å². The lowest BCUT2D eigenvalue weighted by Gasteiger charge is -2.21. The number of hydrogen-bond donors (Lipinski definition) is 3. The summed E-state index contributed by atoms with van der Waals surface area (Å²) in [6.07, 6.45) is 62.6. The molecule has 0 spiro atoms. The zero-order valence-electron chi connectivity index (χ0n) is 65.5. The number of unbranched alkanes of at least 4 members (excludes halogenated alkanes) is 50. The summed E-state index contributed by atoms with van der Waals surface area (Å²) in [5, 5.41) is 10.6. The number of esters is 4. The fourth-order valence-electron chi connectivity index (χ4n) is 12.5. The van der Waals surface area contributed by atoms with E-state index in [1.54, 1.807) is 0 Å². The molecule has 100 heavy (non-hydrogen) atoms. The second kappa shape index (κ2) is 72.6. The van der Waals surface area contributed by atoms with Crippen LogP contribution < -0.4 is 0 Å². The van der Waals surface area contributed by atoms with Gasteiger partial charge in [0, 0.05) is 25.7 Å². The largest absolute Gasteiger partial charge is 0.472 e. The van der Waals surface area contributed by atoms with Gasteiger partial charge in [0.25, 0.3) is 0 Å². The molecule has 2 unspecified atom stereocenters. The monoisotopic (exact) mass is 1470 g/mol. The molecule has 0 bridgehead atoms. The number of aliphatic hydroxyl groups excluding tert-OH is 1. The van der Waals surface area contributed by atoms with Crippen LogP contribution in [0.1, 0.15) is 427 Å². The van der Waals surface area contributed by atoms with Gasteiger partial charge in [-0.05, 0) is 37.5 Å². The number of phosphoric ester groups is 2. The Kier molecular flexibility index (Phi) is 71.2. The lowest BCUT2D eigenvalue weighted by atomic mass is 10.0. The van der Waals surface area contributed by atoms with Crippen LogP contribution in [0.3, 0.4) is 0 Å². The van der Waals surface area contributed by atoms with Crippen molar-refractivity contribution in [2.75, 3.05) is 39.6 Å². The van der Waals surface area contributed by atoms with E-state index in [1.807, 2.05) is 0 Å². The highest BCUT2D eigenvalue weighted by atomic mass is 31.2. The minimum Gasteiger partial charge on any atom is -0.462 e. The summed E-state index contributed by atoms with van der Waals surface area (Å²) in [5.41, 5.74) is 0. The molecule has 594 valence electrons. The summed E-state index contributed by atoms with van der Waals surface area (Å²) in [7, 11) is -9.92. The zero-order valence-corrected chi connectivity index (χ0v) is 67.3. The highest BCUT2D eigenvalue weighted by Crippen LogP contribution is 2.45. The Hall–Kier alpha value is -1.94. The predicted molar refractivity (Wildman–Crippen MR) is 409 cm³/mol. The van der Waals surface area contributed by atoms with Crippen LogP contribution in [0, 0.1) is 11.8 Å². The molecular weight excluding hydrogens is 1310 g/mol. The number of carbonyl (C=O) groups is 4. The maximum Gasteiger partial charge on any atom is 0.472 e. The van der Waals surface area contributed by atoms with Crippen LogP contribution in [-0.4, -0.2) is 96.7 Å². The van der Waals surface area contributed by atoms with E-state index in [0.717, 1.165) is 102 Å². The van der Waals surface area contributed by atoms with E-state index in [-0.39, 0.29) is 25.7 Å². The Morgan fingerprint density at radius 3 is 0.680 bits per heavy atom. The topological polar surface area (TPSA) is 237 Å². The second-order valence-electron chi connectivity index (χ2n) is 30.1. The average molecular weight is 1470 g/mol. The van der Waals surface area contributed by atoms with Gasteiger partial charge in [0.05, 0.1) is 26.4 Å². The Balaban J connectivity index is 5.19. The first kappa shape index (κ1) is 98.1. The normalized spacial score (nSPS) is 13.9. The molecule has 0 saturated heterocycles. The fraction of sp³-hybridized carbons (Fsp3) is 0.951. The van der Waals surface area contributed by atoms with E-state index in [1.165, 1.54) is 244 Å². The van der Waals surface area contributed by atoms with Crippen molar-refractivity contribution in [1.29, 1.82) is 0 Å². The highest BCUT2D eigenvalue weighted by Gasteiger charge is 2.30. The van der Waals surface area contributed by atoms with Gasteiger partial charge in [-0.3, -0.25) is 37.3 Å². The van der Waals surface area contributed by atoms with Crippen molar-refractivity contribution < 1.29 is 80.2 Å². The Morgan fingerprint density at radius 2 is 0.460 bits per heavy atom. The molecule has 0 aromatic heterocycles. The van der Waals surface area contributed by atoms with Crippen molar-refractivity contribution in [3.8, 4) is 0 Å². The zero-order chi connectivity index (χ0) is 73.5. The molecule has 0 aromatic carbocycles. The number of ether oxygens (including phenoxy) is 4. The molecule has 0 radical (unpaired) electrons. The summed E-state index contributed by atoms with van der Waals surface area (Å²) < 4.78 is 68.7. The molecule has 0 saturated carbocycles. The van der Waals surface area contributed by atoms with Crippen molar-refractivity contribution >= 4 is 39.5 Å². The number of hydrogen-bond acceptors (Lipinski definition) is 15. The SMILES string of the molecule is CCCCCCCCCCCCCCCCCCCCCCCCC(=O)O[C@H](COC(=O)CCCCCCCCCCCCCCC(C)C)COP(=O)(O)OC[C@@H](O)COP(=O)(O)OC[C@@H](COC(=O)CCCCCCCCCCC)OC(=O)CCCCCCCCCCCCCC(C)C. The van der Waals surface area contributed by atoms with Crippen LogP contribution in [0.25, 0.3) is 0 Å².